The van der Waals surface area contributed by atoms with Crippen LogP contribution in [0.3, 0.4) is 0 Å². The number of halogens is 1. The molecule has 0 spiro atoms. The van der Waals surface area contributed by atoms with Gasteiger partial charge in [-0.1, -0.05) is 0 Å². The molecule has 0 N–H and O–H groups in total. The average molecular weight is 105 g/mol. The van der Waals surface area contributed by atoms with Gasteiger partial charge in [0, 0.05) is 12.3 Å². The minimum absolute atomic E-state index is 0. The second-order valence-electron chi connectivity index (χ2n) is 0.335. The molecule has 0 aromatic carbocycles. The molecule has 0 saturated carbocycles. The van der Waals surface area contributed by atoms with Crippen molar-refractivity contribution in [1.82, 2.24) is 4.90 Å². The Morgan fingerprint density at radius 1 is 1.40 bits per heavy atom. The van der Waals surface area contributed by atoms with Crippen molar-refractivity contribution in [3.8, 4) is 0 Å². The van der Waals surface area contributed by atoms with E-state index < -0.39 is 25.8 Å². The molecule has 0 radical (unpaired) electrons. The van der Waals surface area contributed by atoms with E-state index in [4.69, 9.17) is 12.3 Å². The first kappa shape index (κ1) is 0.632. The summed E-state index contributed by atoms with van der Waals surface area (Å²) in [6.45, 7) is -9.47. The van der Waals surface area contributed by atoms with Crippen molar-refractivity contribution in [2.45, 2.75) is 0 Å². The third-order valence-corrected chi connectivity index (χ3v) is 0. The predicted molar refractivity (Wildman–Crippen MR) is 26.9 cm³/mol. The van der Waals surface area contributed by atoms with Gasteiger partial charge in [0.05, 0.1) is 0 Å². The molecule has 0 aliphatic heterocycles. The number of hydrogen-bond donors (Lipinski definition) is 0. The summed E-state index contributed by atoms with van der Waals surface area (Å²) in [4.78, 5) is -0.438. The van der Waals surface area contributed by atoms with E-state index in [0.717, 1.165) is 0 Å². The van der Waals surface area contributed by atoms with Gasteiger partial charge in [0.15, 0.2) is 0 Å². The van der Waals surface area contributed by atoms with Crippen molar-refractivity contribution in [3.63, 3.8) is 0 Å². The predicted octanol–water partition coefficient (Wildman–Crippen LogP) is 0.600. The average Bonchev–Trinajstić information content (AvgIpc) is 1.44. The molecule has 5 heavy (non-hydrogen) atoms. The molecule has 0 unspecified atom stereocenters. The fourth-order valence-electron chi connectivity index (χ4n) is 0. The van der Waals surface area contributed by atoms with E-state index in [1.807, 2.05) is 0 Å². The van der Waals surface area contributed by atoms with Crippen LogP contribution in [-0.2, 0) is 0 Å². The maximum atomic E-state index is 6.74. The fourth-order valence-corrected chi connectivity index (χ4v) is 0. The van der Waals surface area contributed by atoms with Crippen LogP contribution in [0.15, 0.2) is 0 Å². The van der Waals surface area contributed by atoms with Crippen LogP contribution in [0.2, 0.25) is 0 Å². The molecule has 0 heterocycles. The molecule has 0 bridgehead atoms. The van der Waals surface area contributed by atoms with E-state index in [2.05, 4.69) is 0 Å². The van der Waals surface area contributed by atoms with Crippen molar-refractivity contribution in [1.29, 1.82) is 0 Å². The van der Waals surface area contributed by atoms with E-state index in [9.17, 15) is 0 Å². The standard InChI is InChI=1S/C3H9N.ClH/c1-4(2)3;/h1-3H3;1H/i1D3,2D3,3D3;. The fraction of sp³-hybridized carbons (Fsp3) is 1.00. The summed E-state index contributed by atoms with van der Waals surface area (Å²) in [5.41, 5.74) is 0. The van der Waals surface area contributed by atoms with E-state index >= 15 is 0 Å². The molecular weight excluding hydrogens is 85.5 g/mol. The quantitative estimate of drug-likeness (QED) is 0.435. The molecular formula is C3H10ClN. The Hall–Kier alpha value is 0.250. The van der Waals surface area contributed by atoms with Gasteiger partial charge in [-0.3, -0.25) is 0 Å². The van der Waals surface area contributed by atoms with E-state index in [1.54, 1.807) is 0 Å². The second kappa shape index (κ2) is 4.25. The Kier molecular flexibility index (Phi) is 0.537. The first-order valence-corrected chi connectivity index (χ1v) is 0.671. The van der Waals surface area contributed by atoms with Crippen LogP contribution in [-0.4, -0.2) is 25.8 Å². The zero-order valence-electron chi connectivity index (χ0n) is 11.4. The topological polar surface area (TPSA) is 3.24 Å². The maximum Gasteiger partial charge on any atom is 0.0394 e. The molecule has 1 nitrogen and oxygen atoms in total. The highest BCUT2D eigenvalue weighted by atomic mass is 35.5. The van der Waals surface area contributed by atoms with Crippen LogP contribution in [0.5, 0.6) is 0 Å². The Morgan fingerprint density at radius 3 is 1.80 bits per heavy atom. The Morgan fingerprint density at radius 2 is 1.80 bits per heavy atom. The molecule has 2 heteroatoms. The lowest BCUT2D eigenvalue weighted by molar-refractivity contribution is 0.505. The lowest BCUT2D eigenvalue weighted by Gasteiger charge is -1.90. The summed E-state index contributed by atoms with van der Waals surface area (Å²) in [6.07, 6.45) is 0. The second-order valence-corrected chi connectivity index (χ2v) is 0.335. The van der Waals surface area contributed by atoms with Crippen LogP contribution in [0.1, 0.15) is 12.3 Å². The maximum absolute atomic E-state index is 6.74. The monoisotopic (exact) mass is 104 g/mol. The molecule has 0 atom stereocenters. The molecule has 0 aliphatic carbocycles. The Labute approximate surface area is 52.0 Å². The highest BCUT2D eigenvalue weighted by molar-refractivity contribution is 5.85. The van der Waals surface area contributed by atoms with Gasteiger partial charge in [0.2, 0.25) is 0 Å². The smallest absolute Gasteiger partial charge is 0.0394 e. The van der Waals surface area contributed by atoms with Crippen LogP contribution in [0, 0.1) is 0 Å². The zero-order chi connectivity index (χ0) is 11.1. The van der Waals surface area contributed by atoms with Crippen LogP contribution in [0.25, 0.3) is 0 Å². The van der Waals surface area contributed by atoms with Gasteiger partial charge in [-0.15, -0.1) is 12.4 Å². The van der Waals surface area contributed by atoms with Gasteiger partial charge >= 0.3 is 0 Å². The third-order valence-electron chi connectivity index (χ3n) is 0. The SMILES string of the molecule is Cl.[2H]C([2H])([2H])N(C([2H])([2H])[2H])C([2H])([2H])[2H]. The van der Waals surface area contributed by atoms with Crippen molar-refractivity contribution in [3.05, 3.63) is 0 Å². The summed E-state index contributed by atoms with van der Waals surface area (Å²) >= 11 is 0. The van der Waals surface area contributed by atoms with Gasteiger partial charge in [-0.25, -0.2) is 0 Å². The minimum Gasteiger partial charge on any atom is -0.312 e. The minimum atomic E-state index is -3.16. The molecule has 0 aliphatic rings. The van der Waals surface area contributed by atoms with Crippen molar-refractivity contribution >= 4 is 12.4 Å². The first-order valence-electron chi connectivity index (χ1n) is 5.17. The van der Waals surface area contributed by atoms with Gasteiger partial charge in [-0.2, -0.15) is 0 Å². The summed E-state index contributed by atoms with van der Waals surface area (Å²) in [5, 5.41) is 0. The number of rotatable bonds is 0. The normalized spacial score (nSPS) is 41.4. The molecule has 0 saturated heterocycles. The molecule has 0 rings (SSSR count). The number of hydrogen-bond acceptors (Lipinski definition) is 1. The van der Waals surface area contributed by atoms with Crippen molar-refractivity contribution < 1.29 is 12.3 Å². The van der Waals surface area contributed by atoms with Crippen LogP contribution < -0.4 is 0 Å². The largest absolute Gasteiger partial charge is 0.312 e. The van der Waals surface area contributed by atoms with Crippen LogP contribution >= 0.6 is 12.4 Å². The van der Waals surface area contributed by atoms with E-state index in [0.29, 0.717) is 0 Å². The molecule has 0 aromatic rings. The summed E-state index contributed by atoms with van der Waals surface area (Å²) in [5.74, 6) is 0. The molecule has 0 fully saturated rings. The van der Waals surface area contributed by atoms with Gasteiger partial charge < -0.3 is 4.90 Å². The summed E-state index contributed by atoms with van der Waals surface area (Å²) in [6, 6.07) is 0. The lowest BCUT2D eigenvalue weighted by Crippen LogP contribution is -1.99. The molecule has 34 valence electrons. The van der Waals surface area contributed by atoms with E-state index in [1.165, 1.54) is 0 Å². The van der Waals surface area contributed by atoms with Crippen molar-refractivity contribution in [2.75, 3.05) is 20.9 Å². The Bertz CT molecular complexity index is 143. The van der Waals surface area contributed by atoms with Gasteiger partial charge in [0.1, 0.15) is 0 Å². The zero-order valence-corrected chi connectivity index (χ0v) is 3.17. The summed E-state index contributed by atoms with van der Waals surface area (Å²) in [7, 11) is 0. The third kappa shape index (κ3) is 344. The number of nitrogens with zero attached hydrogens (tertiary/aromatic N) is 1. The summed E-state index contributed by atoms with van der Waals surface area (Å²) < 4.78 is 60.7. The van der Waals surface area contributed by atoms with Gasteiger partial charge in [-0.05, 0) is 20.9 Å². The van der Waals surface area contributed by atoms with Crippen LogP contribution in [0.4, 0.5) is 0 Å². The highest BCUT2D eigenvalue weighted by Gasteiger charge is 1.58. The molecule has 0 amide bonds. The lowest BCUT2D eigenvalue weighted by atomic mass is 11.0. The van der Waals surface area contributed by atoms with E-state index in [-0.39, 0.29) is 12.4 Å². The highest BCUT2D eigenvalue weighted by Crippen LogP contribution is 1.47. The first-order chi connectivity index (χ1) is 5.37. The van der Waals surface area contributed by atoms with Crippen molar-refractivity contribution in [2.24, 2.45) is 0 Å². The van der Waals surface area contributed by atoms with Gasteiger partial charge in [0.25, 0.3) is 0 Å². The molecule has 0 aromatic heterocycles. The Balaban J connectivity index is 0.